The fraction of sp³-hybridized carbons (Fsp3) is 0.176. The monoisotopic (exact) mass is 375 g/mol. The number of nitrogens with zero attached hydrogens (tertiary/aromatic N) is 2. The van der Waals surface area contributed by atoms with Gasteiger partial charge in [0, 0.05) is 0 Å². The van der Waals surface area contributed by atoms with Crippen molar-refractivity contribution in [2.75, 3.05) is 4.31 Å². The molecule has 0 aliphatic carbocycles. The number of sulfonamides is 1. The molecule has 2 N–H and O–H groups in total. The van der Waals surface area contributed by atoms with Gasteiger partial charge in [-0.2, -0.15) is 5.26 Å². The normalized spacial score (nSPS) is 16.8. The molecule has 0 radical (unpaired) electrons. The Morgan fingerprint density at radius 1 is 1.28 bits per heavy atom. The average molecular weight is 376 g/mol. The Morgan fingerprint density at radius 2 is 2.00 bits per heavy atom. The Balaban J connectivity index is 2.18. The van der Waals surface area contributed by atoms with Gasteiger partial charge >= 0.3 is 0 Å². The minimum absolute atomic E-state index is 0.0319. The number of benzene rings is 2. The number of hydrogen-bond donors (Lipinski definition) is 1. The van der Waals surface area contributed by atoms with Gasteiger partial charge in [-0.25, -0.2) is 8.42 Å². The Labute approximate surface area is 150 Å². The molecular weight excluding hydrogens is 362 g/mol. The number of nitrogens with two attached hydrogens (primary N) is 1. The molecule has 0 fully saturated rings. The zero-order valence-corrected chi connectivity index (χ0v) is 14.6. The molecule has 6 nitrogen and oxygen atoms in total. The summed E-state index contributed by atoms with van der Waals surface area (Å²) in [7, 11) is -4.08. The quantitative estimate of drug-likeness (QED) is 0.887. The second-order valence-corrected chi connectivity index (χ2v) is 7.86. The third-order valence-electron chi connectivity index (χ3n) is 4.15. The lowest BCUT2D eigenvalue weighted by Gasteiger charge is -2.36. The van der Waals surface area contributed by atoms with E-state index in [4.69, 9.17) is 22.6 Å². The molecule has 0 spiro atoms. The van der Waals surface area contributed by atoms with E-state index in [1.807, 2.05) is 18.2 Å². The van der Waals surface area contributed by atoms with Gasteiger partial charge in [-0.3, -0.25) is 9.10 Å². The molecule has 1 heterocycles. The standard InChI is InChI=1S/C17H14ClN3O3S/c18-14-9-13(7-5-12(14)10-19)25(23,24)21-15-4-2-1-3-11(15)6-8-16(21)17(20)22/h1-5,7,9,16H,6,8H2,(H2,20,22)/t16-/m1/s1. The molecule has 2 aromatic carbocycles. The predicted octanol–water partition coefficient (Wildman–Crippen LogP) is 2.21. The van der Waals surface area contributed by atoms with Crippen LogP contribution in [0, 0.1) is 11.3 Å². The summed E-state index contributed by atoms with van der Waals surface area (Å²) in [5, 5.41) is 8.98. The first-order valence-electron chi connectivity index (χ1n) is 7.47. The summed E-state index contributed by atoms with van der Waals surface area (Å²) in [5.74, 6) is -0.710. The lowest BCUT2D eigenvalue weighted by molar-refractivity contribution is -0.119. The summed E-state index contributed by atoms with van der Waals surface area (Å²) < 4.78 is 27.4. The molecule has 0 bridgehead atoms. The Kier molecular flexibility index (Phi) is 4.41. The second kappa shape index (κ2) is 6.39. The van der Waals surface area contributed by atoms with Crippen LogP contribution in [0.15, 0.2) is 47.4 Å². The molecule has 3 rings (SSSR count). The van der Waals surface area contributed by atoms with Crippen LogP contribution in [-0.4, -0.2) is 20.4 Å². The summed E-state index contributed by atoms with van der Waals surface area (Å²) in [6, 6.07) is 11.7. The van der Waals surface area contributed by atoms with Crippen LogP contribution >= 0.6 is 11.6 Å². The van der Waals surface area contributed by atoms with Gasteiger partial charge in [0.2, 0.25) is 5.91 Å². The molecule has 1 atom stereocenters. The molecule has 0 saturated carbocycles. The predicted molar refractivity (Wildman–Crippen MR) is 93.6 cm³/mol. The second-order valence-electron chi connectivity index (χ2n) is 5.64. The summed E-state index contributed by atoms with van der Waals surface area (Å²) >= 11 is 5.98. The van der Waals surface area contributed by atoms with Gasteiger partial charge in [0.1, 0.15) is 12.1 Å². The molecule has 128 valence electrons. The molecule has 2 aromatic rings. The molecular formula is C17H14ClN3O3S. The van der Waals surface area contributed by atoms with Crippen LogP contribution in [0.2, 0.25) is 5.02 Å². The fourth-order valence-corrected chi connectivity index (χ4v) is 4.93. The van der Waals surface area contributed by atoms with Crippen molar-refractivity contribution in [3.8, 4) is 6.07 Å². The number of para-hydroxylation sites is 1. The van der Waals surface area contributed by atoms with E-state index in [9.17, 15) is 13.2 Å². The van der Waals surface area contributed by atoms with E-state index in [1.54, 1.807) is 12.1 Å². The molecule has 1 amide bonds. The largest absolute Gasteiger partial charge is 0.368 e. The van der Waals surface area contributed by atoms with Crippen molar-refractivity contribution in [3.05, 3.63) is 58.6 Å². The average Bonchev–Trinajstić information content (AvgIpc) is 2.60. The van der Waals surface area contributed by atoms with Crippen molar-refractivity contribution in [1.82, 2.24) is 0 Å². The van der Waals surface area contributed by atoms with Crippen LogP contribution in [-0.2, 0) is 21.2 Å². The number of halogens is 1. The highest BCUT2D eigenvalue weighted by atomic mass is 35.5. The maximum absolute atomic E-state index is 13.2. The van der Waals surface area contributed by atoms with E-state index in [2.05, 4.69) is 0 Å². The van der Waals surface area contributed by atoms with E-state index in [0.29, 0.717) is 18.5 Å². The maximum Gasteiger partial charge on any atom is 0.265 e. The van der Waals surface area contributed by atoms with Gasteiger partial charge in [0.15, 0.2) is 0 Å². The lowest BCUT2D eigenvalue weighted by atomic mass is 9.98. The van der Waals surface area contributed by atoms with Gasteiger partial charge in [-0.05, 0) is 42.7 Å². The summed E-state index contributed by atoms with van der Waals surface area (Å²) in [6.07, 6.45) is 0.861. The van der Waals surface area contributed by atoms with E-state index < -0.39 is 22.0 Å². The SMILES string of the molecule is N#Cc1ccc(S(=O)(=O)N2c3ccccc3CC[C@@H]2C(N)=O)cc1Cl. The highest BCUT2D eigenvalue weighted by Crippen LogP contribution is 2.36. The summed E-state index contributed by atoms with van der Waals surface area (Å²) in [4.78, 5) is 11.8. The summed E-state index contributed by atoms with van der Waals surface area (Å²) in [6.45, 7) is 0. The minimum Gasteiger partial charge on any atom is -0.368 e. The Morgan fingerprint density at radius 3 is 2.64 bits per heavy atom. The Hall–Kier alpha value is -2.56. The minimum atomic E-state index is -4.08. The van der Waals surface area contributed by atoms with Crippen molar-refractivity contribution >= 4 is 33.2 Å². The van der Waals surface area contributed by atoms with Gasteiger partial charge in [-0.15, -0.1) is 0 Å². The van der Waals surface area contributed by atoms with E-state index >= 15 is 0 Å². The highest BCUT2D eigenvalue weighted by Gasteiger charge is 2.39. The van der Waals surface area contributed by atoms with E-state index in [1.165, 1.54) is 18.2 Å². The van der Waals surface area contributed by atoms with Crippen molar-refractivity contribution in [2.45, 2.75) is 23.8 Å². The molecule has 25 heavy (non-hydrogen) atoms. The molecule has 8 heteroatoms. The zero-order chi connectivity index (χ0) is 18.2. The topological polar surface area (TPSA) is 104 Å². The van der Waals surface area contributed by atoms with Crippen LogP contribution in [0.3, 0.4) is 0 Å². The highest BCUT2D eigenvalue weighted by molar-refractivity contribution is 7.93. The first-order chi connectivity index (χ1) is 11.9. The fourth-order valence-electron chi connectivity index (χ4n) is 2.93. The summed E-state index contributed by atoms with van der Waals surface area (Å²) in [5.41, 5.74) is 6.87. The third kappa shape index (κ3) is 2.95. The maximum atomic E-state index is 13.2. The number of fused-ring (bicyclic) bond motifs is 1. The molecule has 1 aliphatic rings. The van der Waals surface area contributed by atoms with Crippen molar-refractivity contribution in [1.29, 1.82) is 5.26 Å². The zero-order valence-electron chi connectivity index (χ0n) is 13.0. The number of nitriles is 1. The van der Waals surface area contributed by atoms with Crippen molar-refractivity contribution in [3.63, 3.8) is 0 Å². The number of anilines is 1. The molecule has 0 unspecified atom stereocenters. The van der Waals surface area contributed by atoms with Gasteiger partial charge in [-0.1, -0.05) is 29.8 Å². The molecule has 1 aliphatic heterocycles. The Bertz CT molecular complexity index is 998. The molecule has 0 aromatic heterocycles. The number of primary amides is 1. The first-order valence-corrected chi connectivity index (χ1v) is 9.29. The van der Waals surface area contributed by atoms with E-state index in [-0.39, 0.29) is 15.5 Å². The van der Waals surface area contributed by atoms with Crippen molar-refractivity contribution in [2.24, 2.45) is 5.73 Å². The number of aryl methyl sites for hydroxylation is 1. The number of carbonyl (C=O) groups is 1. The first kappa shape index (κ1) is 17.3. The van der Waals surface area contributed by atoms with Crippen LogP contribution < -0.4 is 10.0 Å². The van der Waals surface area contributed by atoms with E-state index in [0.717, 1.165) is 9.87 Å². The lowest BCUT2D eigenvalue weighted by Crippen LogP contribution is -2.50. The molecule has 0 saturated heterocycles. The van der Waals surface area contributed by atoms with Gasteiger partial charge < -0.3 is 5.73 Å². The van der Waals surface area contributed by atoms with Crippen molar-refractivity contribution < 1.29 is 13.2 Å². The van der Waals surface area contributed by atoms with Crippen LogP contribution in [0.1, 0.15) is 17.5 Å². The number of hydrogen-bond acceptors (Lipinski definition) is 4. The van der Waals surface area contributed by atoms with Crippen LogP contribution in [0.4, 0.5) is 5.69 Å². The number of amides is 1. The number of rotatable bonds is 3. The number of carbonyl (C=O) groups excluding carboxylic acids is 1. The third-order valence-corrected chi connectivity index (χ3v) is 6.28. The van der Waals surface area contributed by atoms with Gasteiger partial charge in [0.05, 0.1) is 21.2 Å². The van der Waals surface area contributed by atoms with Gasteiger partial charge in [0.25, 0.3) is 10.0 Å². The van der Waals surface area contributed by atoms with Crippen LogP contribution in [0.25, 0.3) is 0 Å². The smallest absolute Gasteiger partial charge is 0.265 e. The van der Waals surface area contributed by atoms with Crippen LogP contribution in [0.5, 0.6) is 0 Å².